The van der Waals surface area contributed by atoms with Crippen molar-refractivity contribution in [2.45, 2.75) is 45.2 Å². The lowest BCUT2D eigenvalue weighted by atomic mass is 10.0. The summed E-state index contributed by atoms with van der Waals surface area (Å²) in [6, 6.07) is 13.6. The fourth-order valence-corrected chi connectivity index (χ4v) is 3.17. The summed E-state index contributed by atoms with van der Waals surface area (Å²) in [5, 5.41) is 3.64. The molecule has 1 aromatic carbocycles. The molecule has 0 aliphatic carbocycles. The van der Waals surface area contributed by atoms with Gasteiger partial charge in [0.15, 0.2) is 0 Å². The lowest BCUT2D eigenvalue weighted by Crippen LogP contribution is -2.45. The van der Waals surface area contributed by atoms with E-state index in [0.717, 1.165) is 31.2 Å². The lowest BCUT2D eigenvalue weighted by molar-refractivity contribution is 0.386. The number of hydrogen-bond acceptors (Lipinski definition) is 4. The molecule has 1 N–H and O–H groups in total. The summed E-state index contributed by atoms with van der Waals surface area (Å²) in [6.07, 6.45) is 5.03. The van der Waals surface area contributed by atoms with Crippen molar-refractivity contribution in [2.75, 3.05) is 18.0 Å². The average Bonchev–Trinajstić information content (AvgIpc) is 2.56. The molecule has 23 heavy (non-hydrogen) atoms. The summed E-state index contributed by atoms with van der Waals surface area (Å²) < 4.78 is 0. The predicted molar refractivity (Wildman–Crippen MR) is 94.8 cm³/mol. The maximum absolute atomic E-state index is 4.77. The van der Waals surface area contributed by atoms with Crippen molar-refractivity contribution in [3.05, 3.63) is 54.0 Å². The van der Waals surface area contributed by atoms with Crippen LogP contribution in [0.25, 0.3) is 0 Å². The largest absolute Gasteiger partial charge is 0.356 e. The molecule has 1 saturated heterocycles. The smallest absolute Gasteiger partial charge is 0.135 e. The quantitative estimate of drug-likeness (QED) is 0.921. The third kappa shape index (κ3) is 4.52. The second-order valence-electron chi connectivity index (χ2n) is 6.58. The molecule has 0 atom stereocenters. The fourth-order valence-electron chi connectivity index (χ4n) is 3.17. The minimum atomic E-state index is 0.558. The zero-order valence-electron chi connectivity index (χ0n) is 14.1. The van der Waals surface area contributed by atoms with Crippen molar-refractivity contribution in [1.82, 2.24) is 15.3 Å². The summed E-state index contributed by atoms with van der Waals surface area (Å²) in [4.78, 5) is 11.6. The fraction of sp³-hybridized carbons (Fsp3) is 0.474. The van der Waals surface area contributed by atoms with Gasteiger partial charge in [-0.05, 0) is 24.5 Å². The van der Waals surface area contributed by atoms with Crippen LogP contribution in [-0.4, -0.2) is 35.1 Å². The number of hydrogen-bond donors (Lipinski definition) is 1. The molecule has 0 spiro atoms. The highest BCUT2D eigenvalue weighted by Gasteiger charge is 2.20. The first-order chi connectivity index (χ1) is 11.2. The third-order valence-electron chi connectivity index (χ3n) is 4.28. The minimum absolute atomic E-state index is 0.558. The molecule has 4 heteroatoms. The molecule has 0 bridgehead atoms. The maximum Gasteiger partial charge on any atom is 0.135 e. The van der Waals surface area contributed by atoms with E-state index in [0.29, 0.717) is 12.1 Å². The highest BCUT2D eigenvalue weighted by molar-refractivity contribution is 5.38. The topological polar surface area (TPSA) is 41.0 Å². The molecule has 0 saturated carbocycles. The summed E-state index contributed by atoms with van der Waals surface area (Å²) in [6.45, 7) is 6.55. The third-order valence-corrected chi connectivity index (χ3v) is 4.28. The molecular weight excluding hydrogens is 284 g/mol. The van der Waals surface area contributed by atoms with Crippen molar-refractivity contribution in [2.24, 2.45) is 0 Å². The van der Waals surface area contributed by atoms with Crippen LogP contribution in [0.15, 0.2) is 42.6 Å². The molecule has 3 rings (SSSR count). The van der Waals surface area contributed by atoms with Crippen LogP contribution in [0.1, 0.15) is 38.1 Å². The van der Waals surface area contributed by atoms with E-state index in [-0.39, 0.29) is 0 Å². The van der Waals surface area contributed by atoms with Gasteiger partial charge in [-0.25, -0.2) is 9.97 Å². The van der Waals surface area contributed by atoms with Gasteiger partial charge >= 0.3 is 0 Å². The standard InChI is InChI=1S/C19H26N4/c1-15(2)21-17-9-12-23(13-10-17)19-8-11-20-18(22-19)14-16-6-4-3-5-7-16/h3-8,11,15,17,21H,9-10,12-14H2,1-2H3. The maximum atomic E-state index is 4.77. The van der Waals surface area contributed by atoms with E-state index in [1.165, 1.54) is 18.4 Å². The van der Waals surface area contributed by atoms with E-state index in [4.69, 9.17) is 4.98 Å². The number of rotatable bonds is 5. The second kappa shape index (κ2) is 7.55. The Morgan fingerprint density at radius 2 is 1.87 bits per heavy atom. The highest BCUT2D eigenvalue weighted by Crippen LogP contribution is 2.18. The SMILES string of the molecule is CC(C)NC1CCN(c2ccnc(Cc3ccccc3)n2)CC1. The van der Waals surface area contributed by atoms with Crippen LogP contribution in [0.2, 0.25) is 0 Å². The summed E-state index contributed by atoms with van der Waals surface area (Å²) in [5.41, 5.74) is 1.25. The molecule has 122 valence electrons. The van der Waals surface area contributed by atoms with Crippen LogP contribution in [-0.2, 0) is 6.42 Å². The molecule has 1 aromatic heterocycles. The van der Waals surface area contributed by atoms with Gasteiger partial charge in [-0.1, -0.05) is 44.2 Å². The van der Waals surface area contributed by atoms with Gasteiger partial charge < -0.3 is 10.2 Å². The molecular formula is C19H26N4. The van der Waals surface area contributed by atoms with E-state index in [1.54, 1.807) is 0 Å². The van der Waals surface area contributed by atoms with Crippen LogP contribution in [0.5, 0.6) is 0 Å². The molecule has 4 nitrogen and oxygen atoms in total. The van der Waals surface area contributed by atoms with Crippen molar-refractivity contribution < 1.29 is 0 Å². The van der Waals surface area contributed by atoms with Crippen LogP contribution < -0.4 is 10.2 Å². The number of aromatic nitrogens is 2. The molecule has 2 heterocycles. The molecule has 1 aliphatic rings. The summed E-state index contributed by atoms with van der Waals surface area (Å²) in [5.74, 6) is 1.96. The number of anilines is 1. The van der Waals surface area contributed by atoms with Crippen LogP contribution >= 0.6 is 0 Å². The van der Waals surface area contributed by atoms with Gasteiger partial charge in [-0.2, -0.15) is 0 Å². The molecule has 0 amide bonds. The molecule has 1 fully saturated rings. The van der Waals surface area contributed by atoms with Crippen molar-refractivity contribution in [3.8, 4) is 0 Å². The Kier molecular flexibility index (Phi) is 5.23. The second-order valence-corrected chi connectivity index (χ2v) is 6.58. The van der Waals surface area contributed by atoms with Gasteiger partial charge in [0.1, 0.15) is 11.6 Å². The monoisotopic (exact) mass is 310 g/mol. The highest BCUT2D eigenvalue weighted by atomic mass is 15.2. The predicted octanol–water partition coefficient (Wildman–Crippen LogP) is 3.03. The Labute approximate surface area is 139 Å². The molecule has 2 aromatic rings. The number of benzene rings is 1. The summed E-state index contributed by atoms with van der Waals surface area (Å²) >= 11 is 0. The first-order valence-electron chi connectivity index (χ1n) is 8.57. The number of nitrogens with one attached hydrogen (secondary N) is 1. The van der Waals surface area contributed by atoms with Crippen molar-refractivity contribution >= 4 is 5.82 Å². The molecule has 0 radical (unpaired) electrons. The first-order valence-corrected chi connectivity index (χ1v) is 8.57. The van der Waals surface area contributed by atoms with Gasteiger partial charge in [0.05, 0.1) is 0 Å². The van der Waals surface area contributed by atoms with Crippen molar-refractivity contribution in [3.63, 3.8) is 0 Å². The molecule has 0 unspecified atom stereocenters. The van der Waals surface area contributed by atoms with Gasteiger partial charge in [0, 0.05) is 37.8 Å². The van der Waals surface area contributed by atoms with Gasteiger partial charge in [0.2, 0.25) is 0 Å². The minimum Gasteiger partial charge on any atom is -0.356 e. The Morgan fingerprint density at radius 1 is 1.13 bits per heavy atom. The van der Waals surface area contributed by atoms with Gasteiger partial charge in [0.25, 0.3) is 0 Å². The lowest BCUT2D eigenvalue weighted by Gasteiger charge is -2.34. The Balaban J connectivity index is 1.62. The Morgan fingerprint density at radius 3 is 2.57 bits per heavy atom. The van der Waals surface area contributed by atoms with Crippen LogP contribution in [0, 0.1) is 0 Å². The summed E-state index contributed by atoms with van der Waals surface area (Å²) in [7, 11) is 0. The average molecular weight is 310 g/mol. The van der Waals surface area contributed by atoms with E-state index in [2.05, 4.69) is 53.3 Å². The zero-order valence-corrected chi connectivity index (χ0v) is 14.1. The normalized spacial score (nSPS) is 16.0. The molecule has 1 aliphatic heterocycles. The Hall–Kier alpha value is -1.94. The Bertz CT molecular complexity index is 604. The first kappa shape index (κ1) is 15.9. The van der Waals surface area contributed by atoms with E-state index < -0.39 is 0 Å². The number of nitrogens with zero attached hydrogens (tertiary/aromatic N) is 3. The van der Waals surface area contributed by atoms with Gasteiger partial charge in [-0.3, -0.25) is 0 Å². The number of piperidine rings is 1. The van der Waals surface area contributed by atoms with Crippen LogP contribution in [0.3, 0.4) is 0 Å². The zero-order chi connectivity index (χ0) is 16.1. The van der Waals surface area contributed by atoms with E-state index in [9.17, 15) is 0 Å². The van der Waals surface area contributed by atoms with E-state index >= 15 is 0 Å². The van der Waals surface area contributed by atoms with Crippen LogP contribution in [0.4, 0.5) is 5.82 Å². The van der Waals surface area contributed by atoms with Gasteiger partial charge in [-0.15, -0.1) is 0 Å². The van der Waals surface area contributed by atoms with E-state index in [1.807, 2.05) is 18.3 Å². The van der Waals surface area contributed by atoms with Crippen molar-refractivity contribution in [1.29, 1.82) is 0 Å².